The Bertz CT molecular complexity index is 1030. The van der Waals surface area contributed by atoms with Gasteiger partial charge in [-0.05, 0) is 47.9 Å². The first-order valence-corrected chi connectivity index (χ1v) is 9.47. The second-order valence-electron chi connectivity index (χ2n) is 6.80. The molecule has 6 heteroatoms. The number of ether oxygens (including phenoxy) is 1. The summed E-state index contributed by atoms with van der Waals surface area (Å²) >= 11 is 0. The minimum Gasteiger partial charge on any atom is -0.452 e. The third-order valence-electron chi connectivity index (χ3n) is 4.52. The predicted octanol–water partition coefficient (Wildman–Crippen LogP) is 3.57. The molecule has 3 aromatic rings. The minimum absolute atomic E-state index is 0.0694. The van der Waals surface area contributed by atoms with E-state index in [1.165, 1.54) is 19.1 Å². The molecule has 30 heavy (non-hydrogen) atoms. The summed E-state index contributed by atoms with van der Waals surface area (Å²) in [7, 11) is 0. The Labute approximate surface area is 174 Å². The summed E-state index contributed by atoms with van der Waals surface area (Å²) in [6.07, 6.45) is -0.892. The molecule has 0 radical (unpaired) electrons. The largest absolute Gasteiger partial charge is 0.452 e. The van der Waals surface area contributed by atoms with Crippen LogP contribution in [0.15, 0.2) is 78.9 Å². The van der Waals surface area contributed by atoms with Crippen LogP contribution in [0, 0.1) is 0 Å². The number of nitrogens with two attached hydrogens (primary N) is 1. The van der Waals surface area contributed by atoms with Crippen LogP contribution in [-0.4, -0.2) is 23.9 Å². The van der Waals surface area contributed by atoms with E-state index in [0.717, 1.165) is 16.7 Å². The molecule has 2 amide bonds. The highest BCUT2D eigenvalue weighted by molar-refractivity contribution is 5.96. The second kappa shape index (κ2) is 9.52. The van der Waals surface area contributed by atoms with Crippen LogP contribution < -0.4 is 11.1 Å². The third-order valence-corrected chi connectivity index (χ3v) is 4.52. The second-order valence-corrected chi connectivity index (χ2v) is 6.80. The van der Waals surface area contributed by atoms with Gasteiger partial charge in [-0.25, -0.2) is 0 Å². The molecule has 152 valence electrons. The SMILES string of the molecule is C[C@H](OC(=O)Cc1ccc(-c2ccccc2)cc1)C(=O)Nc1ccc(C(N)=O)cc1. The fraction of sp³-hybridized carbons (Fsp3) is 0.125. The highest BCUT2D eigenvalue weighted by Crippen LogP contribution is 2.19. The van der Waals surface area contributed by atoms with Crippen LogP contribution in [-0.2, 0) is 20.7 Å². The van der Waals surface area contributed by atoms with Gasteiger partial charge in [0, 0.05) is 11.3 Å². The molecule has 0 saturated heterocycles. The summed E-state index contributed by atoms with van der Waals surface area (Å²) in [6, 6.07) is 23.7. The van der Waals surface area contributed by atoms with Crippen LogP contribution >= 0.6 is 0 Å². The maximum Gasteiger partial charge on any atom is 0.311 e. The molecule has 3 rings (SSSR count). The molecular formula is C24H22N2O4. The monoisotopic (exact) mass is 402 g/mol. The molecule has 0 aliphatic carbocycles. The van der Waals surface area contributed by atoms with Crippen molar-refractivity contribution < 1.29 is 19.1 Å². The molecule has 0 aliphatic rings. The zero-order chi connectivity index (χ0) is 21.5. The van der Waals surface area contributed by atoms with E-state index in [9.17, 15) is 14.4 Å². The molecular weight excluding hydrogens is 380 g/mol. The highest BCUT2D eigenvalue weighted by atomic mass is 16.5. The van der Waals surface area contributed by atoms with Crippen molar-refractivity contribution in [1.29, 1.82) is 0 Å². The molecule has 0 bridgehead atoms. The molecule has 0 unspecified atom stereocenters. The normalized spacial score (nSPS) is 11.4. The molecule has 0 spiro atoms. The topological polar surface area (TPSA) is 98.5 Å². The zero-order valence-corrected chi connectivity index (χ0v) is 16.5. The van der Waals surface area contributed by atoms with E-state index < -0.39 is 23.9 Å². The van der Waals surface area contributed by atoms with Crippen molar-refractivity contribution in [3.05, 3.63) is 90.0 Å². The fourth-order valence-corrected chi connectivity index (χ4v) is 2.87. The molecule has 3 aromatic carbocycles. The van der Waals surface area contributed by atoms with Crippen LogP contribution in [0.2, 0.25) is 0 Å². The van der Waals surface area contributed by atoms with E-state index in [1.807, 2.05) is 54.6 Å². The van der Waals surface area contributed by atoms with Gasteiger partial charge in [0.15, 0.2) is 6.10 Å². The molecule has 6 nitrogen and oxygen atoms in total. The Morgan fingerprint density at radius 1 is 0.867 bits per heavy atom. The van der Waals surface area contributed by atoms with Gasteiger partial charge >= 0.3 is 5.97 Å². The smallest absolute Gasteiger partial charge is 0.311 e. The number of benzene rings is 3. The lowest BCUT2D eigenvalue weighted by Crippen LogP contribution is -2.30. The first-order valence-electron chi connectivity index (χ1n) is 9.47. The highest BCUT2D eigenvalue weighted by Gasteiger charge is 2.18. The lowest BCUT2D eigenvalue weighted by atomic mass is 10.0. The van der Waals surface area contributed by atoms with Gasteiger partial charge in [-0.15, -0.1) is 0 Å². The maximum absolute atomic E-state index is 12.2. The van der Waals surface area contributed by atoms with Crippen LogP contribution in [0.25, 0.3) is 11.1 Å². The van der Waals surface area contributed by atoms with Crippen LogP contribution in [0.3, 0.4) is 0 Å². The number of primary amides is 1. The van der Waals surface area contributed by atoms with Crippen molar-refractivity contribution in [2.45, 2.75) is 19.4 Å². The number of carbonyl (C=O) groups is 3. The standard InChI is InChI=1S/C24H22N2O4/c1-16(24(29)26-21-13-11-20(12-14-21)23(25)28)30-22(27)15-17-7-9-19(10-8-17)18-5-3-2-4-6-18/h2-14,16H,15H2,1H3,(H2,25,28)(H,26,29)/t16-/m0/s1. The number of rotatable bonds is 7. The van der Waals surface area contributed by atoms with Gasteiger partial charge in [-0.2, -0.15) is 0 Å². The zero-order valence-electron chi connectivity index (χ0n) is 16.5. The van der Waals surface area contributed by atoms with Crippen molar-refractivity contribution in [1.82, 2.24) is 0 Å². The van der Waals surface area contributed by atoms with Gasteiger partial charge in [0.25, 0.3) is 5.91 Å². The summed E-state index contributed by atoms with van der Waals surface area (Å²) in [5, 5.41) is 2.63. The number of carbonyl (C=O) groups excluding carboxylic acids is 3. The van der Waals surface area contributed by atoms with Crippen LogP contribution in [0.1, 0.15) is 22.8 Å². The quantitative estimate of drug-likeness (QED) is 0.590. The van der Waals surface area contributed by atoms with Gasteiger partial charge < -0.3 is 15.8 Å². The number of esters is 1. The number of amides is 2. The Hall–Kier alpha value is -3.93. The van der Waals surface area contributed by atoms with Gasteiger partial charge in [0.1, 0.15) is 0 Å². The molecule has 0 heterocycles. The minimum atomic E-state index is -0.961. The molecule has 3 N–H and O–H groups in total. The van der Waals surface area contributed by atoms with E-state index in [4.69, 9.17) is 10.5 Å². The molecule has 0 fully saturated rings. The average Bonchev–Trinajstić information content (AvgIpc) is 2.75. The van der Waals surface area contributed by atoms with Crippen LogP contribution in [0.4, 0.5) is 5.69 Å². The van der Waals surface area contributed by atoms with Crippen molar-refractivity contribution in [3.8, 4) is 11.1 Å². The number of anilines is 1. The third kappa shape index (κ3) is 5.54. The average molecular weight is 402 g/mol. The van der Waals surface area contributed by atoms with Crippen molar-refractivity contribution >= 4 is 23.5 Å². The lowest BCUT2D eigenvalue weighted by molar-refractivity contribution is -0.152. The number of hydrogen-bond acceptors (Lipinski definition) is 4. The van der Waals surface area contributed by atoms with Crippen molar-refractivity contribution in [2.24, 2.45) is 5.73 Å². The molecule has 1 atom stereocenters. The number of hydrogen-bond donors (Lipinski definition) is 2. The molecule has 0 aliphatic heterocycles. The van der Waals surface area contributed by atoms with Crippen molar-refractivity contribution in [3.63, 3.8) is 0 Å². The first kappa shape index (κ1) is 20.8. The Morgan fingerprint density at radius 3 is 2.07 bits per heavy atom. The number of nitrogens with one attached hydrogen (secondary N) is 1. The first-order chi connectivity index (χ1) is 14.4. The summed E-state index contributed by atoms with van der Waals surface area (Å²) in [6.45, 7) is 1.50. The van der Waals surface area contributed by atoms with E-state index in [2.05, 4.69) is 5.32 Å². The Morgan fingerprint density at radius 2 is 1.47 bits per heavy atom. The molecule has 0 aromatic heterocycles. The fourth-order valence-electron chi connectivity index (χ4n) is 2.87. The summed E-state index contributed by atoms with van der Waals surface area (Å²) in [4.78, 5) is 35.5. The van der Waals surface area contributed by atoms with Gasteiger partial charge in [0.05, 0.1) is 6.42 Å². The van der Waals surface area contributed by atoms with E-state index in [0.29, 0.717) is 11.3 Å². The Balaban J connectivity index is 1.52. The summed E-state index contributed by atoms with van der Waals surface area (Å²) in [5.74, 6) is -1.50. The predicted molar refractivity (Wildman–Crippen MR) is 115 cm³/mol. The van der Waals surface area contributed by atoms with Crippen molar-refractivity contribution in [2.75, 3.05) is 5.32 Å². The van der Waals surface area contributed by atoms with E-state index in [1.54, 1.807) is 12.1 Å². The van der Waals surface area contributed by atoms with E-state index >= 15 is 0 Å². The Kier molecular flexibility index (Phi) is 6.60. The summed E-state index contributed by atoms with van der Waals surface area (Å²) < 4.78 is 5.24. The lowest BCUT2D eigenvalue weighted by Gasteiger charge is -2.14. The van der Waals surface area contributed by atoms with Gasteiger partial charge in [-0.3, -0.25) is 14.4 Å². The van der Waals surface area contributed by atoms with E-state index in [-0.39, 0.29) is 6.42 Å². The van der Waals surface area contributed by atoms with Gasteiger partial charge in [0.2, 0.25) is 5.91 Å². The van der Waals surface area contributed by atoms with Gasteiger partial charge in [-0.1, -0.05) is 54.6 Å². The molecule has 0 saturated carbocycles. The maximum atomic E-state index is 12.2. The van der Waals surface area contributed by atoms with Crippen LogP contribution in [0.5, 0.6) is 0 Å². The summed E-state index contributed by atoms with van der Waals surface area (Å²) in [5.41, 5.74) is 8.96.